The fraction of sp³-hybridized carbons (Fsp3) is 0.562. The van der Waals surface area contributed by atoms with Crippen LogP contribution in [0.5, 0.6) is 0 Å². The van der Waals surface area contributed by atoms with E-state index >= 15 is 0 Å². The zero-order valence-corrected chi connectivity index (χ0v) is 13.2. The Bertz CT molecular complexity index is 433. The summed E-state index contributed by atoms with van der Waals surface area (Å²) in [5.74, 6) is 0.170. The summed E-state index contributed by atoms with van der Waals surface area (Å²) >= 11 is 1.71. The molecule has 1 fully saturated rings. The molecule has 0 aliphatic carbocycles. The molecule has 0 radical (unpaired) electrons. The highest BCUT2D eigenvalue weighted by molar-refractivity contribution is 7.98. The lowest BCUT2D eigenvalue weighted by atomic mass is 9.76. The zero-order chi connectivity index (χ0) is 14.4. The topological polar surface area (TPSA) is 41.1 Å². The average Bonchev–Trinajstić information content (AvgIpc) is 2.49. The smallest absolute Gasteiger partial charge is 0.231 e. The van der Waals surface area contributed by atoms with E-state index in [0.29, 0.717) is 0 Å². The van der Waals surface area contributed by atoms with Gasteiger partial charge in [0.15, 0.2) is 0 Å². The quantitative estimate of drug-likeness (QED) is 0.816. The van der Waals surface area contributed by atoms with E-state index in [1.807, 2.05) is 24.3 Å². The predicted octanol–water partition coefficient (Wildman–Crippen LogP) is 3.52. The first-order valence-corrected chi connectivity index (χ1v) is 8.59. The summed E-state index contributed by atoms with van der Waals surface area (Å²) in [6.45, 7) is 3.98. The molecule has 3 nitrogen and oxygen atoms in total. The van der Waals surface area contributed by atoms with Gasteiger partial charge in [0, 0.05) is 17.1 Å². The first-order valence-electron chi connectivity index (χ1n) is 7.36. The van der Waals surface area contributed by atoms with E-state index in [-0.39, 0.29) is 11.3 Å². The largest absolute Gasteiger partial charge is 0.326 e. The minimum atomic E-state index is -0.231. The highest BCUT2D eigenvalue weighted by Gasteiger charge is 2.38. The molecule has 1 saturated heterocycles. The predicted molar refractivity (Wildman–Crippen MR) is 86.3 cm³/mol. The van der Waals surface area contributed by atoms with Crippen LogP contribution in [0.3, 0.4) is 0 Å². The Labute approximate surface area is 125 Å². The molecule has 1 amide bonds. The van der Waals surface area contributed by atoms with Crippen LogP contribution in [0, 0.1) is 5.41 Å². The maximum Gasteiger partial charge on any atom is 0.231 e. The Hall–Kier alpha value is -1.00. The summed E-state index contributed by atoms with van der Waals surface area (Å²) in [6.07, 6.45) is 6.12. The number of carbonyl (C=O) groups excluding carboxylic acids is 1. The molecule has 1 unspecified atom stereocenters. The van der Waals surface area contributed by atoms with Crippen molar-refractivity contribution < 1.29 is 4.79 Å². The Morgan fingerprint density at radius 3 is 2.70 bits per heavy atom. The molecular weight excluding hydrogens is 268 g/mol. The second-order valence-corrected chi connectivity index (χ2v) is 6.37. The van der Waals surface area contributed by atoms with Gasteiger partial charge in [0.2, 0.25) is 5.91 Å². The SMILES string of the molecule is CCCC1(C(=O)Nc2ccc(SC)cc2)CCCNC1. The van der Waals surface area contributed by atoms with Gasteiger partial charge in [-0.1, -0.05) is 13.3 Å². The molecule has 20 heavy (non-hydrogen) atoms. The van der Waals surface area contributed by atoms with Crippen molar-refractivity contribution in [3.8, 4) is 0 Å². The summed E-state index contributed by atoms with van der Waals surface area (Å²) in [7, 11) is 0. The molecule has 110 valence electrons. The number of amides is 1. The van der Waals surface area contributed by atoms with Gasteiger partial charge >= 0.3 is 0 Å². The van der Waals surface area contributed by atoms with E-state index < -0.39 is 0 Å². The fourth-order valence-corrected chi connectivity index (χ4v) is 3.31. The van der Waals surface area contributed by atoms with Crippen LogP contribution in [0.15, 0.2) is 29.2 Å². The highest BCUT2D eigenvalue weighted by atomic mass is 32.2. The number of rotatable bonds is 5. The van der Waals surface area contributed by atoms with Gasteiger partial charge in [-0.3, -0.25) is 4.79 Å². The monoisotopic (exact) mass is 292 g/mol. The third kappa shape index (κ3) is 3.55. The van der Waals surface area contributed by atoms with E-state index in [0.717, 1.165) is 44.5 Å². The number of hydrogen-bond donors (Lipinski definition) is 2. The second-order valence-electron chi connectivity index (χ2n) is 5.49. The van der Waals surface area contributed by atoms with Crippen LogP contribution in [0.2, 0.25) is 0 Å². The second kappa shape index (κ2) is 7.14. The number of anilines is 1. The normalized spacial score (nSPS) is 22.5. The Kier molecular flexibility index (Phi) is 5.49. The van der Waals surface area contributed by atoms with E-state index in [1.165, 1.54) is 4.90 Å². The molecule has 1 aromatic rings. The molecule has 2 N–H and O–H groups in total. The molecular formula is C16H24N2OS. The number of benzene rings is 1. The number of carbonyl (C=O) groups is 1. The van der Waals surface area contributed by atoms with Crippen molar-refractivity contribution in [1.29, 1.82) is 0 Å². The van der Waals surface area contributed by atoms with Gasteiger partial charge in [0.1, 0.15) is 0 Å². The molecule has 0 spiro atoms. The lowest BCUT2D eigenvalue weighted by Gasteiger charge is -2.36. The first kappa shape index (κ1) is 15.4. The fourth-order valence-electron chi connectivity index (χ4n) is 2.91. The minimum Gasteiger partial charge on any atom is -0.326 e. The molecule has 1 aliphatic rings. The highest BCUT2D eigenvalue weighted by Crippen LogP contribution is 2.33. The average molecular weight is 292 g/mol. The lowest BCUT2D eigenvalue weighted by Crippen LogP contribution is -2.48. The van der Waals surface area contributed by atoms with E-state index in [1.54, 1.807) is 11.8 Å². The third-order valence-corrected chi connectivity index (χ3v) is 4.77. The van der Waals surface area contributed by atoms with Crippen LogP contribution in [0.25, 0.3) is 0 Å². The summed E-state index contributed by atoms with van der Waals surface area (Å²) in [4.78, 5) is 13.9. The van der Waals surface area contributed by atoms with Crippen LogP contribution in [-0.4, -0.2) is 25.3 Å². The standard InChI is InChI=1S/C16H24N2OS/c1-3-9-16(10-4-11-17-12-16)15(19)18-13-5-7-14(20-2)8-6-13/h5-8,17H,3-4,9-12H2,1-2H3,(H,18,19). The summed E-state index contributed by atoms with van der Waals surface area (Å²) in [6, 6.07) is 8.07. The molecule has 1 aliphatic heterocycles. The van der Waals surface area contributed by atoms with Crippen LogP contribution in [-0.2, 0) is 4.79 Å². The maximum atomic E-state index is 12.7. The molecule has 0 saturated carbocycles. The molecule has 1 heterocycles. The van der Waals surface area contributed by atoms with Crippen molar-refractivity contribution in [2.45, 2.75) is 37.5 Å². The van der Waals surface area contributed by atoms with Gasteiger partial charge in [-0.05, 0) is 56.3 Å². The van der Waals surface area contributed by atoms with Crippen LogP contribution >= 0.6 is 11.8 Å². The van der Waals surface area contributed by atoms with E-state index in [4.69, 9.17) is 0 Å². The van der Waals surface area contributed by atoms with Crippen LogP contribution in [0.1, 0.15) is 32.6 Å². The van der Waals surface area contributed by atoms with Crippen molar-refractivity contribution in [1.82, 2.24) is 5.32 Å². The van der Waals surface area contributed by atoms with Gasteiger partial charge < -0.3 is 10.6 Å². The molecule has 0 bridgehead atoms. The lowest BCUT2D eigenvalue weighted by molar-refractivity contribution is -0.127. The van der Waals surface area contributed by atoms with Crippen molar-refractivity contribution in [2.24, 2.45) is 5.41 Å². The number of piperidine rings is 1. The Morgan fingerprint density at radius 1 is 1.40 bits per heavy atom. The van der Waals surface area contributed by atoms with Crippen molar-refractivity contribution in [2.75, 3.05) is 24.7 Å². The maximum absolute atomic E-state index is 12.7. The Balaban J connectivity index is 2.07. The molecule has 1 atom stereocenters. The van der Waals surface area contributed by atoms with Crippen molar-refractivity contribution in [3.63, 3.8) is 0 Å². The Morgan fingerprint density at radius 2 is 2.15 bits per heavy atom. The van der Waals surface area contributed by atoms with Gasteiger partial charge in [-0.15, -0.1) is 11.8 Å². The summed E-state index contributed by atoms with van der Waals surface area (Å²) in [5.41, 5.74) is 0.666. The van der Waals surface area contributed by atoms with Gasteiger partial charge in [0.25, 0.3) is 0 Å². The molecule has 4 heteroatoms. The molecule has 0 aromatic heterocycles. The first-order chi connectivity index (χ1) is 9.70. The van der Waals surface area contributed by atoms with Crippen LogP contribution < -0.4 is 10.6 Å². The van der Waals surface area contributed by atoms with Crippen molar-refractivity contribution >= 4 is 23.4 Å². The number of nitrogens with one attached hydrogen (secondary N) is 2. The van der Waals surface area contributed by atoms with E-state index in [2.05, 4.69) is 23.8 Å². The summed E-state index contributed by atoms with van der Waals surface area (Å²) in [5, 5.41) is 6.48. The molecule has 1 aromatic carbocycles. The van der Waals surface area contributed by atoms with Gasteiger partial charge in [0.05, 0.1) is 5.41 Å². The van der Waals surface area contributed by atoms with Crippen LogP contribution in [0.4, 0.5) is 5.69 Å². The van der Waals surface area contributed by atoms with Gasteiger partial charge in [-0.25, -0.2) is 0 Å². The summed E-state index contributed by atoms with van der Waals surface area (Å²) < 4.78 is 0. The molecule has 2 rings (SSSR count). The number of thioether (sulfide) groups is 1. The van der Waals surface area contributed by atoms with Gasteiger partial charge in [-0.2, -0.15) is 0 Å². The van der Waals surface area contributed by atoms with E-state index in [9.17, 15) is 4.79 Å². The zero-order valence-electron chi connectivity index (χ0n) is 12.4. The third-order valence-electron chi connectivity index (χ3n) is 4.03. The minimum absolute atomic E-state index is 0.170. The van der Waals surface area contributed by atoms with Crippen molar-refractivity contribution in [3.05, 3.63) is 24.3 Å². The number of hydrogen-bond acceptors (Lipinski definition) is 3.